The van der Waals surface area contributed by atoms with Gasteiger partial charge in [-0.05, 0) is 37.6 Å². The molecular formula is C15H25IN4O2S. The molecule has 1 aromatic carbocycles. The highest BCUT2D eigenvalue weighted by molar-refractivity contribution is 14.0. The minimum atomic E-state index is -3.39. The molecule has 0 unspecified atom stereocenters. The topological polar surface area (TPSA) is 96.6 Å². The lowest BCUT2D eigenvalue weighted by atomic mass is 9.96. The van der Waals surface area contributed by atoms with Crippen molar-refractivity contribution in [3.8, 4) is 0 Å². The van der Waals surface area contributed by atoms with E-state index in [1.165, 1.54) is 26.3 Å². The molecule has 0 bridgehead atoms. The molecule has 23 heavy (non-hydrogen) atoms. The molecule has 1 fully saturated rings. The van der Waals surface area contributed by atoms with Gasteiger partial charge < -0.3 is 11.1 Å². The van der Waals surface area contributed by atoms with Gasteiger partial charge in [-0.2, -0.15) is 0 Å². The first-order chi connectivity index (χ1) is 10.5. The summed E-state index contributed by atoms with van der Waals surface area (Å²) in [6.45, 7) is 0.436. The number of halogens is 1. The molecule has 0 aliphatic heterocycles. The molecule has 1 saturated carbocycles. The lowest BCUT2D eigenvalue weighted by Crippen LogP contribution is -2.41. The highest BCUT2D eigenvalue weighted by Crippen LogP contribution is 2.17. The average molecular weight is 452 g/mol. The van der Waals surface area contributed by atoms with Crippen LogP contribution in [0.5, 0.6) is 0 Å². The van der Waals surface area contributed by atoms with Crippen LogP contribution in [0, 0.1) is 0 Å². The average Bonchev–Trinajstić information content (AvgIpc) is 2.54. The molecule has 0 heterocycles. The minimum Gasteiger partial charge on any atom is -0.370 e. The van der Waals surface area contributed by atoms with Gasteiger partial charge in [-0.3, -0.25) is 0 Å². The number of benzene rings is 1. The summed E-state index contributed by atoms with van der Waals surface area (Å²) in [6.07, 6.45) is 6.08. The molecule has 1 aliphatic carbocycles. The Labute approximate surface area is 155 Å². The fourth-order valence-corrected chi connectivity index (χ4v) is 3.30. The normalized spacial score (nSPS) is 16.7. The van der Waals surface area contributed by atoms with Gasteiger partial charge in [0.1, 0.15) is 0 Å². The van der Waals surface area contributed by atoms with E-state index in [0.717, 1.165) is 18.4 Å². The number of aliphatic imine (C=N–C) groups is 1. The Morgan fingerprint density at radius 1 is 1.22 bits per heavy atom. The summed E-state index contributed by atoms with van der Waals surface area (Å²) in [4.78, 5) is 4.57. The number of nitrogens with one attached hydrogen (secondary N) is 2. The van der Waals surface area contributed by atoms with Crippen molar-refractivity contribution < 1.29 is 8.42 Å². The Morgan fingerprint density at radius 2 is 1.83 bits per heavy atom. The van der Waals surface area contributed by atoms with Gasteiger partial charge in [0.2, 0.25) is 10.0 Å². The second kappa shape index (κ2) is 9.43. The van der Waals surface area contributed by atoms with Gasteiger partial charge >= 0.3 is 0 Å². The van der Waals surface area contributed by atoms with Gasteiger partial charge in [0, 0.05) is 6.04 Å². The van der Waals surface area contributed by atoms with E-state index in [1.807, 2.05) is 0 Å². The maximum absolute atomic E-state index is 11.6. The SMILES string of the molecule is CNS(=O)(=O)c1ccc(CN=C(N)NC2CCCCC2)cc1.I. The van der Waals surface area contributed by atoms with Crippen LogP contribution < -0.4 is 15.8 Å². The van der Waals surface area contributed by atoms with E-state index in [1.54, 1.807) is 24.3 Å². The van der Waals surface area contributed by atoms with Crippen molar-refractivity contribution in [3.63, 3.8) is 0 Å². The Bertz CT molecular complexity index is 611. The standard InChI is InChI=1S/C15H24N4O2S.HI/c1-17-22(20,21)14-9-7-12(8-10-14)11-18-15(16)19-13-5-3-2-4-6-13;/h7-10,13,17H,2-6,11H2,1H3,(H3,16,18,19);1H. The zero-order valence-corrected chi connectivity index (χ0v) is 16.4. The number of hydrogen-bond donors (Lipinski definition) is 3. The van der Waals surface area contributed by atoms with Crippen molar-refractivity contribution in [1.82, 2.24) is 10.0 Å². The third-order valence-electron chi connectivity index (χ3n) is 3.89. The highest BCUT2D eigenvalue weighted by atomic mass is 127. The monoisotopic (exact) mass is 452 g/mol. The van der Waals surface area contributed by atoms with Crippen LogP contribution in [0.15, 0.2) is 34.2 Å². The van der Waals surface area contributed by atoms with Crippen molar-refractivity contribution in [2.45, 2.75) is 49.6 Å². The summed E-state index contributed by atoms with van der Waals surface area (Å²) in [5.41, 5.74) is 6.83. The van der Waals surface area contributed by atoms with E-state index in [9.17, 15) is 8.42 Å². The number of hydrogen-bond acceptors (Lipinski definition) is 3. The van der Waals surface area contributed by atoms with Crippen molar-refractivity contribution in [3.05, 3.63) is 29.8 Å². The van der Waals surface area contributed by atoms with E-state index in [2.05, 4.69) is 15.0 Å². The van der Waals surface area contributed by atoms with Gasteiger partial charge in [0.25, 0.3) is 0 Å². The summed E-state index contributed by atoms with van der Waals surface area (Å²) in [6, 6.07) is 7.08. The van der Waals surface area contributed by atoms with Crippen molar-refractivity contribution in [2.24, 2.45) is 10.7 Å². The van der Waals surface area contributed by atoms with Gasteiger partial charge in [-0.1, -0.05) is 31.4 Å². The number of nitrogens with two attached hydrogens (primary N) is 1. The molecule has 0 radical (unpaired) electrons. The molecule has 0 atom stereocenters. The van der Waals surface area contributed by atoms with Crippen LogP contribution in [-0.2, 0) is 16.6 Å². The third kappa shape index (κ3) is 6.27. The molecule has 130 valence electrons. The molecule has 0 spiro atoms. The van der Waals surface area contributed by atoms with Crippen LogP contribution in [-0.4, -0.2) is 27.5 Å². The number of guanidine groups is 1. The maximum atomic E-state index is 11.6. The van der Waals surface area contributed by atoms with Gasteiger partial charge in [0.15, 0.2) is 5.96 Å². The first-order valence-electron chi connectivity index (χ1n) is 7.60. The molecule has 1 aliphatic rings. The van der Waals surface area contributed by atoms with Crippen LogP contribution >= 0.6 is 24.0 Å². The molecule has 0 saturated heterocycles. The van der Waals surface area contributed by atoms with Crippen molar-refractivity contribution >= 4 is 40.0 Å². The predicted octanol–water partition coefficient (Wildman–Crippen LogP) is 1.95. The number of rotatable bonds is 5. The van der Waals surface area contributed by atoms with Gasteiger partial charge in [-0.15, -0.1) is 24.0 Å². The zero-order valence-electron chi connectivity index (χ0n) is 13.3. The second-order valence-corrected chi connectivity index (χ2v) is 7.42. The lowest BCUT2D eigenvalue weighted by Gasteiger charge is -2.23. The number of nitrogens with zero attached hydrogens (tertiary/aromatic N) is 1. The van der Waals surface area contributed by atoms with E-state index in [0.29, 0.717) is 18.5 Å². The highest BCUT2D eigenvalue weighted by Gasteiger charge is 2.13. The Kier molecular flexibility index (Phi) is 8.27. The van der Waals surface area contributed by atoms with E-state index >= 15 is 0 Å². The summed E-state index contributed by atoms with van der Waals surface area (Å²) >= 11 is 0. The Hall–Kier alpha value is -0.870. The van der Waals surface area contributed by atoms with Crippen LogP contribution in [0.3, 0.4) is 0 Å². The van der Waals surface area contributed by atoms with Crippen LogP contribution in [0.2, 0.25) is 0 Å². The molecule has 0 amide bonds. The van der Waals surface area contributed by atoms with E-state index in [4.69, 9.17) is 5.73 Å². The largest absolute Gasteiger partial charge is 0.370 e. The van der Waals surface area contributed by atoms with E-state index < -0.39 is 10.0 Å². The molecule has 4 N–H and O–H groups in total. The fraction of sp³-hybridized carbons (Fsp3) is 0.533. The zero-order chi connectivity index (χ0) is 16.0. The third-order valence-corrected chi connectivity index (χ3v) is 5.32. The van der Waals surface area contributed by atoms with Crippen LogP contribution in [0.1, 0.15) is 37.7 Å². The smallest absolute Gasteiger partial charge is 0.240 e. The lowest BCUT2D eigenvalue weighted by molar-refractivity contribution is 0.412. The minimum absolute atomic E-state index is 0. The van der Waals surface area contributed by atoms with Crippen LogP contribution in [0.4, 0.5) is 0 Å². The van der Waals surface area contributed by atoms with Crippen LogP contribution in [0.25, 0.3) is 0 Å². The molecule has 0 aromatic heterocycles. The Morgan fingerprint density at radius 3 is 2.39 bits per heavy atom. The molecule has 2 rings (SSSR count). The summed E-state index contributed by atoms with van der Waals surface area (Å²) < 4.78 is 25.5. The summed E-state index contributed by atoms with van der Waals surface area (Å²) in [7, 11) is -1.99. The number of sulfonamides is 1. The second-order valence-electron chi connectivity index (χ2n) is 5.53. The molecular weight excluding hydrogens is 427 g/mol. The first-order valence-corrected chi connectivity index (χ1v) is 9.08. The van der Waals surface area contributed by atoms with Gasteiger partial charge in [-0.25, -0.2) is 18.1 Å². The first kappa shape index (κ1) is 20.2. The Balaban J connectivity index is 0.00000264. The quantitative estimate of drug-likeness (QED) is 0.362. The molecule has 6 nitrogen and oxygen atoms in total. The van der Waals surface area contributed by atoms with Crippen molar-refractivity contribution in [2.75, 3.05) is 7.05 Å². The molecule has 8 heteroatoms. The fourth-order valence-electron chi connectivity index (χ4n) is 2.57. The predicted molar refractivity (Wildman–Crippen MR) is 103 cm³/mol. The van der Waals surface area contributed by atoms with E-state index in [-0.39, 0.29) is 28.9 Å². The molecule has 1 aromatic rings. The summed E-state index contributed by atoms with van der Waals surface area (Å²) in [5.74, 6) is 0.457. The van der Waals surface area contributed by atoms with Gasteiger partial charge in [0.05, 0.1) is 11.4 Å². The van der Waals surface area contributed by atoms with Crippen molar-refractivity contribution in [1.29, 1.82) is 0 Å². The maximum Gasteiger partial charge on any atom is 0.240 e. The summed E-state index contributed by atoms with van der Waals surface area (Å²) in [5, 5.41) is 3.26.